The van der Waals surface area contributed by atoms with Crippen molar-refractivity contribution in [3.05, 3.63) is 70.8 Å². The van der Waals surface area contributed by atoms with Crippen LogP contribution in [0.25, 0.3) is 5.69 Å². The van der Waals surface area contributed by atoms with Gasteiger partial charge in [-0.3, -0.25) is 4.79 Å². The predicted molar refractivity (Wildman–Crippen MR) is 122 cm³/mol. The van der Waals surface area contributed by atoms with Gasteiger partial charge in [0.05, 0.1) is 43.4 Å². The number of rotatable bonds is 6. The molecule has 0 saturated heterocycles. The van der Waals surface area contributed by atoms with Crippen LogP contribution in [0.5, 0.6) is 11.5 Å². The van der Waals surface area contributed by atoms with Gasteiger partial charge in [0.1, 0.15) is 5.82 Å². The summed E-state index contributed by atoms with van der Waals surface area (Å²) in [7, 11) is 3.24. The summed E-state index contributed by atoms with van der Waals surface area (Å²) in [6.07, 6.45) is 3.87. The van der Waals surface area contributed by atoms with Gasteiger partial charge in [-0.1, -0.05) is 23.7 Å². The number of methoxy groups -OCH3 is 2. The van der Waals surface area contributed by atoms with E-state index in [2.05, 4.69) is 4.98 Å². The number of halogens is 1. The van der Waals surface area contributed by atoms with Gasteiger partial charge in [0, 0.05) is 23.0 Å². The van der Waals surface area contributed by atoms with E-state index in [1.807, 2.05) is 47.2 Å². The number of esters is 1. The average Bonchev–Trinajstić information content (AvgIpc) is 3.21. The van der Waals surface area contributed by atoms with E-state index in [9.17, 15) is 4.79 Å². The number of nitrogens with zero attached hydrogens (tertiary/aromatic N) is 2. The molecule has 4 rings (SSSR count). The maximum Gasteiger partial charge on any atom is 0.307 e. The number of thioether (sulfide) groups is 1. The SMILES string of the molecule is CCOC(=O)C[C@@H]1S[C@@H](c2cccc(OC)c2OC)c2cc(Cl)ccc2-n2ccnc21. The van der Waals surface area contributed by atoms with Gasteiger partial charge in [-0.15, -0.1) is 11.8 Å². The molecule has 31 heavy (non-hydrogen) atoms. The van der Waals surface area contributed by atoms with E-state index in [0.717, 1.165) is 22.6 Å². The Balaban J connectivity index is 1.90. The van der Waals surface area contributed by atoms with Crippen LogP contribution in [-0.2, 0) is 9.53 Å². The van der Waals surface area contributed by atoms with Gasteiger partial charge in [-0.05, 0) is 36.8 Å². The minimum Gasteiger partial charge on any atom is -0.493 e. The van der Waals surface area contributed by atoms with Crippen molar-refractivity contribution in [2.24, 2.45) is 0 Å². The first-order valence-electron chi connectivity index (χ1n) is 9.92. The summed E-state index contributed by atoms with van der Waals surface area (Å²) >= 11 is 8.04. The van der Waals surface area contributed by atoms with Crippen molar-refractivity contribution in [1.82, 2.24) is 9.55 Å². The molecule has 6 nitrogen and oxygen atoms in total. The molecule has 8 heteroatoms. The Labute approximate surface area is 190 Å². The normalized spacial score (nSPS) is 17.3. The van der Waals surface area contributed by atoms with E-state index in [1.54, 1.807) is 39.1 Å². The van der Waals surface area contributed by atoms with Crippen LogP contribution in [-0.4, -0.2) is 36.3 Å². The van der Waals surface area contributed by atoms with Gasteiger partial charge in [0.25, 0.3) is 0 Å². The van der Waals surface area contributed by atoms with E-state index in [4.69, 9.17) is 25.8 Å². The molecule has 2 heterocycles. The molecular weight excluding hydrogens is 436 g/mol. The first kappa shape index (κ1) is 21.6. The highest BCUT2D eigenvalue weighted by Gasteiger charge is 2.34. The summed E-state index contributed by atoms with van der Waals surface area (Å²) in [5.41, 5.74) is 2.91. The Morgan fingerprint density at radius 3 is 2.77 bits per heavy atom. The molecule has 0 bridgehead atoms. The van der Waals surface area contributed by atoms with Gasteiger partial charge < -0.3 is 18.8 Å². The largest absolute Gasteiger partial charge is 0.493 e. The molecule has 0 saturated carbocycles. The summed E-state index contributed by atoms with van der Waals surface area (Å²) in [5, 5.41) is 0.248. The third-order valence-electron chi connectivity index (χ3n) is 5.16. The van der Waals surface area contributed by atoms with Crippen molar-refractivity contribution in [2.45, 2.75) is 23.8 Å². The summed E-state index contributed by atoms with van der Waals surface area (Å²) in [4.78, 5) is 17.0. The third-order valence-corrected chi connectivity index (χ3v) is 6.88. The molecule has 1 aliphatic heterocycles. The van der Waals surface area contributed by atoms with Crippen molar-refractivity contribution in [3.63, 3.8) is 0 Å². The number of fused-ring (bicyclic) bond motifs is 3. The molecule has 0 unspecified atom stereocenters. The van der Waals surface area contributed by atoms with Gasteiger partial charge >= 0.3 is 5.97 Å². The second kappa shape index (κ2) is 9.24. The fourth-order valence-electron chi connectivity index (χ4n) is 3.88. The molecule has 2 atom stereocenters. The van der Waals surface area contributed by atoms with Crippen molar-refractivity contribution < 1.29 is 19.0 Å². The first-order valence-corrected chi connectivity index (χ1v) is 11.2. The maximum atomic E-state index is 12.4. The minimum atomic E-state index is -0.255. The fraction of sp³-hybridized carbons (Fsp3) is 0.304. The third kappa shape index (κ3) is 4.12. The molecule has 1 aromatic heterocycles. The average molecular weight is 459 g/mol. The van der Waals surface area contributed by atoms with Gasteiger partial charge in [0.15, 0.2) is 11.5 Å². The zero-order valence-electron chi connectivity index (χ0n) is 17.5. The number of hydrogen-bond donors (Lipinski definition) is 0. The number of carbonyl (C=O) groups is 1. The van der Waals surface area contributed by atoms with Crippen LogP contribution in [0.2, 0.25) is 5.02 Å². The Morgan fingerprint density at radius 1 is 1.19 bits per heavy atom. The highest BCUT2D eigenvalue weighted by atomic mass is 35.5. The summed E-state index contributed by atoms with van der Waals surface area (Å²) < 4.78 is 18.5. The summed E-state index contributed by atoms with van der Waals surface area (Å²) in [6.45, 7) is 2.15. The molecular formula is C23H23ClN2O4S. The van der Waals surface area contributed by atoms with Gasteiger partial charge in [-0.2, -0.15) is 0 Å². The molecule has 0 aliphatic carbocycles. The number of hydrogen-bond acceptors (Lipinski definition) is 6. The molecule has 0 fully saturated rings. The number of benzene rings is 2. The number of para-hydroxylation sites is 1. The predicted octanol–water partition coefficient (Wildman–Crippen LogP) is 5.37. The monoisotopic (exact) mass is 458 g/mol. The molecule has 0 radical (unpaired) electrons. The van der Waals surface area contributed by atoms with Crippen LogP contribution in [0.4, 0.5) is 0 Å². The lowest BCUT2D eigenvalue weighted by atomic mass is 10.0. The van der Waals surface area contributed by atoms with Crippen LogP contribution in [0.1, 0.15) is 40.8 Å². The van der Waals surface area contributed by atoms with Crippen molar-refractivity contribution in [3.8, 4) is 17.2 Å². The first-order chi connectivity index (χ1) is 15.1. The number of imidazole rings is 1. The molecule has 0 amide bonds. The summed E-state index contributed by atoms with van der Waals surface area (Å²) in [5.74, 6) is 1.84. The number of carbonyl (C=O) groups excluding carboxylic acids is 1. The van der Waals surface area contributed by atoms with E-state index < -0.39 is 0 Å². The van der Waals surface area contributed by atoms with Crippen LogP contribution in [0.3, 0.4) is 0 Å². The second-order valence-electron chi connectivity index (χ2n) is 6.96. The Kier molecular flexibility index (Phi) is 6.43. The second-order valence-corrected chi connectivity index (χ2v) is 8.70. The van der Waals surface area contributed by atoms with E-state index in [-0.39, 0.29) is 22.9 Å². The Hall–Kier alpha value is -2.64. The van der Waals surface area contributed by atoms with Crippen LogP contribution >= 0.6 is 23.4 Å². The van der Waals surface area contributed by atoms with Crippen molar-refractivity contribution in [1.29, 1.82) is 0 Å². The zero-order valence-corrected chi connectivity index (χ0v) is 19.1. The highest BCUT2D eigenvalue weighted by molar-refractivity contribution is 8.00. The maximum absolute atomic E-state index is 12.4. The lowest BCUT2D eigenvalue weighted by Crippen LogP contribution is -2.11. The van der Waals surface area contributed by atoms with Gasteiger partial charge in [0.2, 0.25) is 0 Å². The lowest BCUT2D eigenvalue weighted by molar-refractivity contribution is -0.143. The molecule has 0 N–H and O–H groups in total. The van der Waals surface area contributed by atoms with Crippen molar-refractivity contribution in [2.75, 3.05) is 20.8 Å². The summed E-state index contributed by atoms with van der Waals surface area (Å²) in [6, 6.07) is 11.6. The van der Waals surface area contributed by atoms with E-state index in [0.29, 0.717) is 23.1 Å². The van der Waals surface area contributed by atoms with Crippen molar-refractivity contribution >= 4 is 29.3 Å². The Morgan fingerprint density at radius 2 is 2.03 bits per heavy atom. The lowest BCUT2D eigenvalue weighted by Gasteiger charge is -2.23. The van der Waals surface area contributed by atoms with Crippen LogP contribution in [0.15, 0.2) is 48.8 Å². The zero-order chi connectivity index (χ0) is 22.0. The molecule has 0 spiro atoms. The van der Waals surface area contributed by atoms with Crippen LogP contribution < -0.4 is 9.47 Å². The van der Waals surface area contributed by atoms with Gasteiger partial charge in [-0.25, -0.2) is 4.98 Å². The molecule has 3 aromatic rings. The molecule has 1 aliphatic rings. The minimum absolute atomic E-state index is 0.167. The smallest absolute Gasteiger partial charge is 0.307 e. The quantitative estimate of drug-likeness (QED) is 0.462. The number of aromatic nitrogens is 2. The van der Waals surface area contributed by atoms with E-state index >= 15 is 0 Å². The van der Waals surface area contributed by atoms with Crippen LogP contribution in [0, 0.1) is 0 Å². The highest BCUT2D eigenvalue weighted by Crippen LogP contribution is 2.53. The molecule has 162 valence electrons. The molecule has 2 aromatic carbocycles. The van der Waals surface area contributed by atoms with E-state index in [1.165, 1.54) is 0 Å². The topological polar surface area (TPSA) is 62.6 Å². The number of ether oxygens (including phenoxy) is 3. The Bertz CT molecular complexity index is 1100. The standard InChI is InChI=1S/C23H23ClN2O4S/c1-4-30-20(27)13-19-23-25-10-11-26(23)17-9-8-14(24)12-16(17)22(31-19)15-6-5-7-18(28-2)21(15)29-3/h5-12,19,22H,4,13H2,1-3H3/t19-,22-/m0/s1. The fourth-order valence-corrected chi connectivity index (χ4v) is 5.59.